The summed E-state index contributed by atoms with van der Waals surface area (Å²) in [6.07, 6.45) is 1.63. The van der Waals surface area contributed by atoms with Crippen LogP contribution in [-0.4, -0.2) is 12.9 Å². The van der Waals surface area contributed by atoms with Crippen molar-refractivity contribution in [2.24, 2.45) is 5.92 Å². The topological polar surface area (TPSA) is 26.3 Å². The molecule has 1 rings (SSSR count). The van der Waals surface area contributed by atoms with Crippen LogP contribution in [0, 0.1) is 5.92 Å². The van der Waals surface area contributed by atoms with E-state index in [1.165, 1.54) is 0 Å². The SMILES string of the molecule is C=CC(C)C(=O)c1cc(OC)ccc1Br. The van der Waals surface area contributed by atoms with Crippen LogP contribution in [0.15, 0.2) is 35.3 Å². The standard InChI is InChI=1S/C12H13BrO2/c1-4-8(2)12(14)10-7-9(15-3)5-6-11(10)13/h4-8H,1H2,2-3H3. The zero-order valence-corrected chi connectivity index (χ0v) is 10.4. The Bertz CT molecular complexity index is 385. The molecule has 1 atom stereocenters. The van der Waals surface area contributed by atoms with Gasteiger partial charge in [0.1, 0.15) is 5.75 Å². The summed E-state index contributed by atoms with van der Waals surface area (Å²) >= 11 is 3.35. The Labute approximate surface area is 98.1 Å². The number of ether oxygens (including phenoxy) is 1. The maximum atomic E-state index is 11.9. The van der Waals surface area contributed by atoms with Crippen LogP contribution in [0.3, 0.4) is 0 Å². The van der Waals surface area contributed by atoms with Crippen molar-refractivity contribution >= 4 is 21.7 Å². The normalized spacial score (nSPS) is 11.9. The molecule has 3 heteroatoms. The molecule has 0 aliphatic carbocycles. The molecule has 15 heavy (non-hydrogen) atoms. The van der Waals surface area contributed by atoms with Gasteiger partial charge >= 0.3 is 0 Å². The monoisotopic (exact) mass is 268 g/mol. The van der Waals surface area contributed by atoms with Crippen molar-refractivity contribution in [2.45, 2.75) is 6.92 Å². The van der Waals surface area contributed by atoms with Crippen LogP contribution in [0.1, 0.15) is 17.3 Å². The number of benzene rings is 1. The van der Waals surface area contributed by atoms with E-state index in [0.717, 1.165) is 4.47 Å². The third-order valence-corrected chi connectivity index (χ3v) is 2.90. The average molecular weight is 269 g/mol. The fraction of sp³-hybridized carbons (Fsp3) is 0.250. The van der Waals surface area contributed by atoms with E-state index in [0.29, 0.717) is 11.3 Å². The lowest BCUT2D eigenvalue weighted by molar-refractivity contribution is 0.0952. The number of ketones is 1. The van der Waals surface area contributed by atoms with Crippen molar-refractivity contribution in [1.82, 2.24) is 0 Å². The van der Waals surface area contributed by atoms with Crippen molar-refractivity contribution < 1.29 is 9.53 Å². The molecule has 2 nitrogen and oxygen atoms in total. The predicted molar refractivity (Wildman–Crippen MR) is 64.4 cm³/mol. The number of Topliss-reactive ketones (excluding diaryl/α,β-unsaturated/α-hetero) is 1. The molecule has 0 fully saturated rings. The maximum absolute atomic E-state index is 11.9. The molecule has 1 unspecified atom stereocenters. The van der Waals surface area contributed by atoms with Gasteiger partial charge < -0.3 is 4.74 Å². The van der Waals surface area contributed by atoms with Gasteiger partial charge in [0, 0.05) is 16.0 Å². The molecule has 0 spiro atoms. The van der Waals surface area contributed by atoms with Gasteiger partial charge in [-0.15, -0.1) is 6.58 Å². The Kier molecular flexibility index (Phi) is 4.09. The molecule has 1 aromatic carbocycles. The Morgan fingerprint density at radius 3 is 2.80 bits per heavy atom. The van der Waals surface area contributed by atoms with E-state index in [1.807, 2.05) is 13.0 Å². The van der Waals surface area contributed by atoms with E-state index in [4.69, 9.17) is 4.74 Å². The third-order valence-electron chi connectivity index (χ3n) is 2.21. The second-order valence-corrected chi connectivity index (χ2v) is 4.09. The first kappa shape index (κ1) is 12.0. The number of hydrogen-bond donors (Lipinski definition) is 0. The number of methoxy groups -OCH3 is 1. The van der Waals surface area contributed by atoms with Crippen molar-refractivity contribution in [3.63, 3.8) is 0 Å². The summed E-state index contributed by atoms with van der Waals surface area (Å²) in [4.78, 5) is 11.9. The minimum absolute atomic E-state index is 0.0378. The second kappa shape index (κ2) is 5.12. The molecule has 0 saturated heterocycles. The second-order valence-electron chi connectivity index (χ2n) is 3.23. The molecule has 80 valence electrons. The van der Waals surface area contributed by atoms with Crippen LogP contribution < -0.4 is 4.74 Å². The molecule has 0 amide bonds. The van der Waals surface area contributed by atoms with Crippen LogP contribution in [0.4, 0.5) is 0 Å². The highest BCUT2D eigenvalue weighted by atomic mass is 79.9. The van der Waals surface area contributed by atoms with Crippen LogP contribution in [0.5, 0.6) is 5.75 Å². The smallest absolute Gasteiger partial charge is 0.170 e. The van der Waals surface area contributed by atoms with Crippen molar-refractivity contribution in [1.29, 1.82) is 0 Å². The van der Waals surface area contributed by atoms with Crippen LogP contribution in [0.25, 0.3) is 0 Å². The zero-order valence-electron chi connectivity index (χ0n) is 8.79. The summed E-state index contributed by atoms with van der Waals surface area (Å²) in [5, 5.41) is 0. The summed E-state index contributed by atoms with van der Waals surface area (Å²) < 4.78 is 5.85. The van der Waals surface area contributed by atoms with Crippen LogP contribution >= 0.6 is 15.9 Å². The number of hydrogen-bond acceptors (Lipinski definition) is 2. The van der Waals surface area contributed by atoms with Crippen LogP contribution in [-0.2, 0) is 0 Å². The van der Waals surface area contributed by atoms with Gasteiger partial charge in [0.15, 0.2) is 5.78 Å². The molecule has 0 aliphatic heterocycles. The number of carbonyl (C=O) groups is 1. The highest BCUT2D eigenvalue weighted by Crippen LogP contribution is 2.25. The van der Waals surface area contributed by atoms with E-state index in [9.17, 15) is 4.79 Å². The first-order valence-corrected chi connectivity index (χ1v) is 5.39. The van der Waals surface area contributed by atoms with Gasteiger partial charge in [0.05, 0.1) is 7.11 Å². The molecule has 0 aromatic heterocycles. The highest BCUT2D eigenvalue weighted by molar-refractivity contribution is 9.10. The minimum atomic E-state index is -0.187. The molecular formula is C12H13BrO2. The molecule has 0 aliphatic rings. The third kappa shape index (κ3) is 2.69. The first-order valence-electron chi connectivity index (χ1n) is 4.60. The Morgan fingerprint density at radius 1 is 1.60 bits per heavy atom. The highest BCUT2D eigenvalue weighted by Gasteiger charge is 2.15. The van der Waals surface area contributed by atoms with E-state index >= 15 is 0 Å². The van der Waals surface area contributed by atoms with E-state index in [1.54, 1.807) is 25.3 Å². The lowest BCUT2D eigenvalue weighted by atomic mass is 9.99. The number of carbonyl (C=O) groups excluding carboxylic acids is 1. The van der Waals surface area contributed by atoms with Gasteiger partial charge in [-0.25, -0.2) is 0 Å². The quantitative estimate of drug-likeness (QED) is 0.618. The van der Waals surface area contributed by atoms with Gasteiger partial charge in [-0.2, -0.15) is 0 Å². The van der Waals surface area contributed by atoms with Gasteiger partial charge in [-0.1, -0.05) is 28.9 Å². The summed E-state index contributed by atoms with van der Waals surface area (Å²) in [6, 6.07) is 5.34. The van der Waals surface area contributed by atoms with Gasteiger partial charge in [0.25, 0.3) is 0 Å². The van der Waals surface area contributed by atoms with Gasteiger partial charge in [0.2, 0.25) is 0 Å². The first-order chi connectivity index (χ1) is 7.10. The predicted octanol–water partition coefficient (Wildman–Crippen LogP) is 3.46. The van der Waals surface area contributed by atoms with E-state index in [-0.39, 0.29) is 11.7 Å². The number of rotatable bonds is 4. The maximum Gasteiger partial charge on any atom is 0.170 e. The molecule has 0 heterocycles. The fourth-order valence-corrected chi connectivity index (χ4v) is 1.61. The molecule has 1 aromatic rings. The number of halogens is 1. The van der Waals surface area contributed by atoms with Crippen molar-refractivity contribution in [3.8, 4) is 5.75 Å². The lowest BCUT2D eigenvalue weighted by Gasteiger charge is -2.09. The Hall–Kier alpha value is -1.09. The summed E-state index contributed by atoms with van der Waals surface area (Å²) in [5.41, 5.74) is 0.627. The Balaban J connectivity index is 3.12. The van der Waals surface area contributed by atoms with Gasteiger partial charge in [-0.05, 0) is 18.2 Å². The van der Waals surface area contributed by atoms with Crippen molar-refractivity contribution in [3.05, 3.63) is 40.9 Å². The largest absolute Gasteiger partial charge is 0.497 e. The summed E-state index contributed by atoms with van der Waals surface area (Å²) in [6.45, 7) is 5.43. The molecule has 0 bridgehead atoms. The molecule has 0 saturated carbocycles. The average Bonchev–Trinajstić information content (AvgIpc) is 2.27. The van der Waals surface area contributed by atoms with Gasteiger partial charge in [-0.3, -0.25) is 4.79 Å². The summed E-state index contributed by atoms with van der Waals surface area (Å²) in [5.74, 6) is 0.530. The summed E-state index contributed by atoms with van der Waals surface area (Å²) in [7, 11) is 1.58. The lowest BCUT2D eigenvalue weighted by Crippen LogP contribution is -2.09. The number of allylic oxidation sites excluding steroid dienone is 1. The Morgan fingerprint density at radius 2 is 2.27 bits per heavy atom. The molecule has 0 N–H and O–H groups in total. The minimum Gasteiger partial charge on any atom is -0.497 e. The fourth-order valence-electron chi connectivity index (χ4n) is 1.17. The van der Waals surface area contributed by atoms with E-state index in [2.05, 4.69) is 22.5 Å². The van der Waals surface area contributed by atoms with Crippen LogP contribution in [0.2, 0.25) is 0 Å². The molecule has 0 radical (unpaired) electrons. The zero-order chi connectivity index (χ0) is 11.4. The molecular weight excluding hydrogens is 256 g/mol. The van der Waals surface area contributed by atoms with Crippen molar-refractivity contribution in [2.75, 3.05) is 7.11 Å². The van der Waals surface area contributed by atoms with E-state index < -0.39 is 0 Å².